The number of carbonyl (C=O) groups excluding carboxylic acids is 4. The number of benzene rings is 2. The molecule has 1 saturated heterocycles. The second-order valence-electron chi connectivity index (χ2n) is 8.38. The second-order valence-corrected chi connectivity index (χ2v) is 9.56. The van der Waals surface area contributed by atoms with Crippen LogP contribution < -0.4 is 19.5 Å². The molecule has 1 heterocycles. The Kier molecular flexibility index (Phi) is 11.0. The van der Waals surface area contributed by atoms with E-state index >= 15 is 0 Å². The summed E-state index contributed by atoms with van der Waals surface area (Å²) in [6.45, 7) is 8.65. The monoisotopic (exact) mass is 522 g/mol. The van der Waals surface area contributed by atoms with Gasteiger partial charge in [0.1, 0.15) is 17.2 Å². The number of rotatable bonds is 9. The van der Waals surface area contributed by atoms with Crippen molar-refractivity contribution in [1.29, 1.82) is 0 Å². The van der Waals surface area contributed by atoms with E-state index in [1.54, 1.807) is 0 Å². The van der Waals surface area contributed by atoms with E-state index in [2.05, 4.69) is 5.32 Å². The molecule has 187 valence electrons. The van der Waals surface area contributed by atoms with Crippen molar-refractivity contribution in [3.8, 4) is 17.2 Å². The third kappa shape index (κ3) is 7.59. The van der Waals surface area contributed by atoms with E-state index in [9.17, 15) is 19.2 Å². The fraction of sp³-hybridized carbons (Fsp3) is 0.385. The molecule has 0 aromatic heterocycles. The van der Waals surface area contributed by atoms with Gasteiger partial charge in [-0.05, 0) is 74.4 Å². The third-order valence-corrected chi connectivity index (χ3v) is 6.74. The van der Waals surface area contributed by atoms with Crippen molar-refractivity contribution in [1.82, 2.24) is 5.32 Å². The molecule has 2 aromatic carbocycles. The van der Waals surface area contributed by atoms with Gasteiger partial charge in [-0.2, -0.15) is 0 Å². The Bertz CT molecular complexity index is 1160. The zero-order chi connectivity index (χ0) is 25.7. The summed E-state index contributed by atoms with van der Waals surface area (Å²) in [6, 6.07) is 7.42. The summed E-state index contributed by atoms with van der Waals surface area (Å²) in [5, 5.41) is 1.58. The first-order valence-corrected chi connectivity index (χ1v) is 12.2. The fourth-order valence-electron chi connectivity index (χ4n) is 3.94. The van der Waals surface area contributed by atoms with E-state index in [-0.39, 0.29) is 40.7 Å². The van der Waals surface area contributed by atoms with E-state index < -0.39 is 17.2 Å². The average molecular weight is 523 g/mol. The maximum atomic E-state index is 11.7. The molecule has 0 spiro atoms. The molecular weight excluding hydrogens is 493 g/mol. The van der Waals surface area contributed by atoms with Crippen molar-refractivity contribution < 1.29 is 33.4 Å². The molecule has 8 nitrogen and oxygen atoms in total. The van der Waals surface area contributed by atoms with E-state index in [4.69, 9.17) is 14.2 Å². The zero-order valence-electron chi connectivity index (χ0n) is 21.5. The van der Waals surface area contributed by atoms with Gasteiger partial charge in [-0.1, -0.05) is 23.9 Å². The van der Waals surface area contributed by atoms with Crippen molar-refractivity contribution in [3.05, 3.63) is 52.1 Å². The summed E-state index contributed by atoms with van der Waals surface area (Å²) >= 11 is 1.01. The van der Waals surface area contributed by atoms with Gasteiger partial charge in [0.25, 0.3) is 5.24 Å². The molecule has 1 fully saturated rings. The van der Waals surface area contributed by atoms with Crippen LogP contribution in [-0.4, -0.2) is 64.5 Å². The summed E-state index contributed by atoms with van der Waals surface area (Å²) in [6.07, 6.45) is 1.67. The third-order valence-electron chi connectivity index (χ3n) is 5.75. The number of ether oxygens (including phenoxy) is 3. The number of imide groups is 1. The smallest absolute Gasteiger partial charge is 0.308 e. The fourth-order valence-corrected chi connectivity index (χ4v) is 4.80. The Morgan fingerprint density at radius 1 is 0.917 bits per heavy atom. The van der Waals surface area contributed by atoms with Crippen LogP contribution in [0.15, 0.2) is 24.3 Å². The molecule has 1 atom stereocenters. The van der Waals surface area contributed by atoms with Gasteiger partial charge in [-0.3, -0.25) is 24.5 Å². The van der Waals surface area contributed by atoms with Crippen molar-refractivity contribution in [3.63, 3.8) is 0 Å². The summed E-state index contributed by atoms with van der Waals surface area (Å²) in [5.74, 6) is 0.598. The minimum absolute atomic E-state index is 0. The van der Waals surface area contributed by atoms with Gasteiger partial charge in [-0.25, -0.2) is 0 Å². The minimum atomic E-state index is -0.414. The molecule has 36 heavy (non-hydrogen) atoms. The molecule has 3 rings (SSSR count). The normalized spacial score (nSPS) is 14.6. The van der Waals surface area contributed by atoms with Gasteiger partial charge in [0.15, 0.2) is 0 Å². The Morgan fingerprint density at radius 2 is 1.50 bits per heavy atom. The van der Waals surface area contributed by atoms with Crippen molar-refractivity contribution in [2.24, 2.45) is 0 Å². The average Bonchev–Trinajstić information content (AvgIpc) is 3.11. The Hall–Kier alpha value is -2.33. The van der Waals surface area contributed by atoms with Gasteiger partial charge in [0.05, 0.1) is 11.9 Å². The minimum Gasteiger partial charge on any atom is -0.494 e. The number of amides is 2. The molecule has 1 unspecified atom stereocenters. The Labute approximate surface area is 237 Å². The van der Waals surface area contributed by atoms with Crippen LogP contribution in [0.5, 0.6) is 17.2 Å². The van der Waals surface area contributed by atoms with Crippen LogP contribution in [0, 0.1) is 20.8 Å². The number of nitrogens with one attached hydrogen (secondary N) is 1. The van der Waals surface area contributed by atoms with Crippen LogP contribution in [0.2, 0.25) is 0 Å². The van der Waals surface area contributed by atoms with Crippen LogP contribution in [0.25, 0.3) is 0 Å². The van der Waals surface area contributed by atoms with Gasteiger partial charge in [0, 0.05) is 49.0 Å². The molecule has 1 aliphatic rings. The van der Waals surface area contributed by atoms with E-state index in [1.807, 2.05) is 45.0 Å². The number of esters is 2. The summed E-state index contributed by atoms with van der Waals surface area (Å²) in [4.78, 5) is 46.4. The number of hydrogen-bond donors (Lipinski definition) is 1. The summed E-state index contributed by atoms with van der Waals surface area (Å²) in [5.41, 5.74) is 4.02. The molecule has 0 aliphatic carbocycles. The predicted molar refractivity (Wildman–Crippen MR) is 138 cm³/mol. The van der Waals surface area contributed by atoms with Crippen LogP contribution >= 0.6 is 11.8 Å². The molecule has 2 aromatic rings. The molecule has 10 heteroatoms. The molecular formula is C26H29NNaO7S. The zero-order valence-corrected chi connectivity index (χ0v) is 24.3. The Balaban J connectivity index is 0.00000456. The van der Waals surface area contributed by atoms with Crippen molar-refractivity contribution >= 4 is 64.4 Å². The number of thioether (sulfide) groups is 1. The topological polar surface area (TPSA) is 108 Å². The predicted octanol–water partition coefficient (Wildman–Crippen LogP) is 3.99. The van der Waals surface area contributed by atoms with Crippen LogP contribution in [0.3, 0.4) is 0 Å². The van der Waals surface area contributed by atoms with Crippen molar-refractivity contribution in [2.75, 3.05) is 6.61 Å². The summed E-state index contributed by atoms with van der Waals surface area (Å²) < 4.78 is 16.8. The summed E-state index contributed by atoms with van der Waals surface area (Å²) in [7, 11) is 0. The van der Waals surface area contributed by atoms with Crippen LogP contribution in [-0.2, 0) is 27.2 Å². The number of carbonyl (C=O) groups is 4. The van der Waals surface area contributed by atoms with Gasteiger partial charge in [0.2, 0.25) is 5.91 Å². The van der Waals surface area contributed by atoms with Gasteiger partial charge >= 0.3 is 11.9 Å². The first kappa shape index (κ1) is 29.9. The Morgan fingerprint density at radius 3 is 2.06 bits per heavy atom. The quantitative estimate of drug-likeness (QED) is 0.228. The van der Waals surface area contributed by atoms with Crippen LogP contribution in [0.4, 0.5) is 4.79 Å². The maximum Gasteiger partial charge on any atom is 0.308 e. The van der Waals surface area contributed by atoms with Crippen LogP contribution in [0.1, 0.15) is 48.1 Å². The van der Waals surface area contributed by atoms with Gasteiger partial charge in [-0.15, -0.1) is 0 Å². The molecule has 1 radical (unpaired) electrons. The molecule has 1 aliphatic heterocycles. The second kappa shape index (κ2) is 13.3. The van der Waals surface area contributed by atoms with E-state index in [1.165, 1.54) is 13.8 Å². The first-order valence-electron chi connectivity index (χ1n) is 11.3. The van der Waals surface area contributed by atoms with E-state index in [0.29, 0.717) is 43.1 Å². The van der Waals surface area contributed by atoms with Gasteiger partial charge < -0.3 is 14.2 Å². The maximum absolute atomic E-state index is 11.7. The molecule has 1 N–H and O–H groups in total. The first-order chi connectivity index (χ1) is 16.6. The van der Waals surface area contributed by atoms with Crippen molar-refractivity contribution in [2.45, 2.75) is 59.1 Å². The molecule has 2 amide bonds. The van der Waals surface area contributed by atoms with E-state index in [0.717, 1.165) is 39.6 Å². The molecule has 0 bridgehead atoms. The standard InChI is InChI=1S/C26H29NO7S.Na/c1-14-15(2)24(34-18(5)29)21(16(3)23(14)33-17(4)28)7-6-12-32-20-10-8-19(9-11-20)13-22-25(30)27-26(31)35-22;/h8-11,22H,6-7,12-13H2,1-5H3,(H,27,30,31);. The largest absolute Gasteiger partial charge is 0.494 e. The molecule has 0 saturated carbocycles. The number of hydrogen-bond acceptors (Lipinski definition) is 8. The SMILES string of the molecule is CC(=O)Oc1c(C)c(C)c(OC(C)=O)c(CCCOc2ccc(CC3SC(=O)NC3=O)cc2)c1C.[Na].